The molecule has 0 atom stereocenters. The Balaban J connectivity index is 2.91. The minimum atomic E-state index is -3.93. The first-order chi connectivity index (χ1) is 6.68. The highest BCUT2D eigenvalue weighted by molar-refractivity contribution is 7.84. The van der Waals surface area contributed by atoms with E-state index in [4.69, 9.17) is 5.14 Å². The number of hydrogen-bond donors (Lipinski definition) is 1. The summed E-state index contributed by atoms with van der Waals surface area (Å²) in [5, 5.41) is 4.74. The lowest BCUT2D eigenvalue weighted by Gasteiger charge is -2.18. The van der Waals surface area contributed by atoms with E-state index in [-0.39, 0.29) is 11.2 Å². The Morgan fingerprint density at radius 3 is 1.93 bits per heavy atom. The van der Waals surface area contributed by atoms with E-state index in [9.17, 15) is 8.42 Å². The second-order valence-electron chi connectivity index (χ2n) is 4.35. The van der Waals surface area contributed by atoms with E-state index in [0.717, 1.165) is 5.56 Å². The first-order valence-electron chi connectivity index (χ1n) is 4.51. The predicted molar refractivity (Wildman–Crippen MR) is 58.9 cm³/mol. The molecule has 0 aromatic heterocycles. The molecule has 1 aromatic carbocycles. The van der Waals surface area contributed by atoms with Crippen molar-refractivity contribution in [1.82, 2.24) is 0 Å². The van der Waals surface area contributed by atoms with Crippen LogP contribution in [-0.2, 0) is 15.7 Å². The number of rotatable bonds is 2. The number of benzene rings is 1. The molecule has 5 heteroatoms. The largest absolute Gasteiger partial charge is 0.380 e. The van der Waals surface area contributed by atoms with Crippen molar-refractivity contribution in [2.45, 2.75) is 26.2 Å². The van der Waals surface area contributed by atoms with E-state index in [1.165, 1.54) is 0 Å². The summed E-state index contributed by atoms with van der Waals surface area (Å²) in [6.45, 7) is 6.22. The fourth-order valence-electron chi connectivity index (χ4n) is 1.14. The maximum atomic E-state index is 10.6. The van der Waals surface area contributed by atoms with Crippen LogP contribution in [0.1, 0.15) is 26.3 Å². The van der Waals surface area contributed by atoms with Crippen molar-refractivity contribution in [2.24, 2.45) is 5.14 Å². The average molecular weight is 229 g/mol. The summed E-state index contributed by atoms with van der Waals surface area (Å²) in [4.78, 5) is 0. The van der Waals surface area contributed by atoms with Gasteiger partial charge in [0.1, 0.15) is 5.75 Å². The topological polar surface area (TPSA) is 69.4 Å². The van der Waals surface area contributed by atoms with Crippen LogP contribution in [0.5, 0.6) is 5.75 Å². The van der Waals surface area contributed by atoms with Crippen LogP contribution >= 0.6 is 0 Å². The summed E-state index contributed by atoms with van der Waals surface area (Å²) in [6.07, 6.45) is 0. The van der Waals surface area contributed by atoms with Crippen molar-refractivity contribution in [3.8, 4) is 5.75 Å². The molecule has 0 aliphatic carbocycles. The standard InChI is InChI=1S/C10H15NO3S/c1-10(2,3)8-4-6-9(7-5-8)14-15(11,12)13/h4-7H,1-3H3,(H2,11,12,13). The predicted octanol–water partition coefficient (Wildman–Crippen LogP) is 1.57. The van der Waals surface area contributed by atoms with Crippen molar-refractivity contribution in [3.63, 3.8) is 0 Å². The first kappa shape index (κ1) is 12.0. The minimum Gasteiger partial charge on any atom is -0.371 e. The highest BCUT2D eigenvalue weighted by Gasteiger charge is 2.13. The Hall–Kier alpha value is -1.07. The highest BCUT2D eigenvalue weighted by Crippen LogP contribution is 2.24. The zero-order valence-electron chi connectivity index (χ0n) is 9.02. The molecule has 15 heavy (non-hydrogen) atoms. The Morgan fingerprint density at radius 1 is 1.13 bits per heavy atom. The van der Waals surface area contributed by atoms with Gasteiger partial charge in [-0.25, -0.2) is 0 Å². The fraction of sp³-hybridized carbons (Fsp3) is 0.400. The molecule has 0 fully saturated rings. The Morgan fingerprint density at radius 2 is 1.60 bits per heavy atom. The summed E-state index contributed by atoms with van der Waals surface area (Å²) in [5.41, 5.74) is 1.13. The van der Waals surface area contributed by atoms with Crippen LogP contribution in [0.4, 0.5) is 0 Å². The molecule has 0 aliphatic rings. The number of nitrogens with two attached hydrogens (primary N) is 1. The molecule has 0 saturated heterocycles. The van der Waals surface area contributed by atoms with Gasteiger partial charge >= 0.3 is 10.3 Å². The van der Waals surface area contributed by atoms with Crippen LogP contribution in [0.2, 0.25) is 0 Å². The highest BCUT2D eigenvalue weighted by atomic mass is 32.2. The summed E-state index contributed by atoms with van der Waals surface area (Å²) < 4.78 is 25.8. The molecule has 2 N–H and O–H groups in total. The normalized spacial score (nSPS) is 12.5. The van der Waals surface area contributed by atoms with Gasteiger partial charge in [0.05, 0.1) is 0 Å². The molecular weight excluding hydrogens is 214 g/mol. The van der Waals surface area contributed by atoms with Gasteiger partial charge in [-0.2, -0.15) is 13.6 Å². The van der Waals surface area contributed by atoms with Gasteiger partial charge in [-0.3, -0.25) is 0 Å². The molecule has 0 aliphatic heterocycles. The van der Waals surface area contributed by atoms with Crippen molar-refractivity contribution in [2.75, 3.05) is 0 Å². The van der Waals surface area contributed by atoms with Crippen molar-refractivity contribution < 1.29 is 12.6 Å². The molecule has 1 rings (SSSR count). The number of hydrogen-bond acceptors (Lipinski definition) is 3. The van der Waals surface area contributed by atoms with Crippen LogP contribution in [0.15, 0.2) is 24.3 Å². The summed E-state index contributed by atoms with van der Waals surface area (Å²) in [7, 11) is -3.93. The van der Waals surface area contributed by atoms with Crippen LogP contribution in [-0.4, -0.2) is 8.42 Å². The zero-order chi connectivity index (χ0) is 11.7. The molecule has 0 amide bonds. The molecule has 0 radical (unpaired) electrons. The molecule has 0 heterocycles. The third kappa shape index (κ3) is 3.89. The molecule has 0 bridgehead atoms. The summed E-state index contributed by atoms with van der Waals surface area (Å²) in [5.74, 6) is 0.227. The van der Waals surface area contributed by atoms with E-state index >= 15 is 0 Å². The third-order valence-electron chi connectivity index (χ3n) is 1.93. The van der Waals surface area contributed by atoms with E-state index in [1.54, 1.807) is 12.1 Å². The molecule has 4 nitrogen and oxygen atoms in total. The first-order valence-corrected chi connectivity index (χ1v) is 5.98. The van der Waals surface area contributed by atoms with Crippen LogP contribution < -0.4 is 9.32 Å². The van der Waals surface area contributed by atoms with Crippen LogP contribution in [0.25, 0.3) is 0 Å². The zero-order valence-corrected chi connectivity index (χ0v) is 9.84. The van der Waals surface area contributed by atoms with Crippen molar-refractivity contribution >= 4 is 10.3 Å². The SMILES string of the molecule is CC(C)(C)c1ccc(OS(N)(=O)=O)cc1. The van der Waals surface area contributed by atoms with E-state index in [2.05, 4.69) is 25.0 Å². The van der Waals surface area contributed by atoms with Gasteiger partial charge < -0.3 is 4.18 Å². The smallest absolute Gasteiger partial charge is 0.371 e. The van der Waals surface area contributed by atoms with Crippen LogP contribution in [0, 0.1) is 0 Å². The van der Waals surface area contributed by atoms with Gasteiger partial charge in [0.15, 0.2) is 0 Å². The second kappa shape index (κ2) is 3.83. The Labute approximate surface area is 90.3 Å². The van der Waals surface area contributed by atoms with Gasteiger partial charge in [0.2, 0.25) is 0 Å². The molecule has 84 valence electrons. The Kier molecular flexibility index (Phi) is 3.06. The van der Waals surface area contributed by atoms with Gasteiger partial charge in [0, 0.05) is 0 Å². The monoisotopic (exact) mass is 229 g/mol. The molecule has 0 saturated carbocycles. The minimum absolute atomic E-state index is 0.0279. The van der Waals surface area contributed by atoms with Gasteiger partial charge in [0.25, 0.3) is 0 Å². The second-order valence-corrected chi connectivity index (χ2v) is 5.50. The molecule has 0 spiro atoms. The summed E-state index contributed by atoms with van der Waals surface area (Å²) in [6, 6.07) is 6.82. The Bertz CT molecular complexity index is 429. The fourth-order valence-corrected chi connectivity index (χ4v) is 1.52. The summed E-state index contributed by atoms with van der Waals surface area (Å²) >= 11 is 0. The van der Waals surface area contributed by atoms with E-state index in [1.807, 2.05) is 12.1 Å². The third-order valence-corrected chi connectivity index (χ3v) is 2.36. The average Bonchev–Trinajstić information content (AvgIpc) is 2.00. The lowest BCUT2D eigenvalue weighted by atomic mass is 9.87. The molecule has 0 unspecified atom stereocenters. The maximum Gasteiger partial charge on any atom is 0.380 e. The molecule has 1 aromatic rings. The van der Waals surface area contributed by atoms with Gasteiger partial charge in [-0.15, -0.1) is 0 Å². The van der Waals surface area contributed by atoms with Crippen LogP contribution in [0.3, 0.4) is 0 Å². The van der Waals surface area contributed by atoms with Gasteiger partial charge in [-0.1, -0.05) is 32.9 Å². The van der Waals surface area contributed by atoms with Gasteiger partial charge in [-0.05, 0) is 23.1 Å². The van der Waals surface area contributed by atoms with Crippen molar-refractivity contribution in [1.29, 1.82) is 0 Å². The lowest BCUT2D eigenvalue weighted by molar-refractivity contribution is 0.487. The lowest BCUT2D eigenvalue weighted by Crippen LogP contribution is -2.19. The quantitative estimate of drug-likeness (QED) is 0.836. The molecular formula is C10H15NO3S. The van der Waals surface area contributed by atoms with E-state index in [0.29, 0.717) is 0 Å². The maximum absolute atomic E-state index is 10.6. The van der Waals surface area contributed by atoms with E-state index < -0.39 is 10.3 Å². The van der Waals surface area contributed by atoms with Crippen molar-refractivity contribution in [3.05, 3.63) is 29.8 Å².